The molecule has 2 aromatic heterocycles. The first kappa shape index (κ1) is 22.2. The third-order valence-electron chi connectivity index (χ3n) is 5.98. The number of nitrogens with one attached hydrogen (secondary N) is 1. The maximum Gasteiger partial charge on any atom is 0.404 e. The van der Waals surface area contributed by atoms with E-state index in [1.54, 1.807) is 6.92 Å². The van der Waals surface area contributed by atoms with Gasteiger partial charge in [-0.1, -0.05) is 6.92 Å². The lowest BCUT2D eigenvalue weighted by atomic mass is 9.99. The molecule has 10 heteroatoms. The van der Waals surface area contributed by atoms with E-state index in [0.717, 1.165) is 41.3 Å². The van der Waals surface area contributed by atoms with Crippen LogP contribution >= 0.6 is 15.9 Å². The molecular weight excluding hydrogens is 476 g/mol. The van der Waals surface area contributed by atoms with E-state index in [9.17, 15) is 14.9 Å². The van der Waals surface area contributed by atoms with Gasteiger partial charge in [0.15, 0.2) is 0 Å². The first-order valence-corrected chi connectivity index (χ1v) is 11.4. The molecule has 32 heavy (non-hydrogen) atoms. The Hall–Kier alpha value is -3.01. The summed E-state index contributed by atoms with van der Waals surface area (Å²) in [4.78, 5) is 30.2. The summed E-state index contributed by atoms with van der Waals surface area (Å²) in [5, 5.41) is 18.8. The molecule has 1 aliphatic heterocycles. The molecule has 3 heterocycles. The number of halogens is 1. The van der Waals surface area contributed by atoms with Crippen molar-refractivity contribution in [3.8, 4) is 0 Å². The molecule has 0 unspecified atom stereocenters. The Labute approximate surface area is 194 Å². The van der Waals surface area contributed by atoms with Crippen LogP contribution < -0.4 is 10.2 Å². The van der Waals surface area contributed by atoms with Gasteiger partial charge in [0, 0.05) is 24.2 Å². The summed E-state index contributed by atoms with van der Waals surface area (Å²) in [7, 11) is 0. The van der Waals surface area contributed by atoms with Crippen LogP contribution in [0.1, 0.15) is 31.0 Å². The molecule has 1 fully saturated rings. The van der Waals surface area contributed by atoms with Crippen molar-refractivity contribution in [3.63, 3.8) is 0 Å². The van der Waals surface area contributed by atoms with Crippen molar-refractivity contribution in [1.82, 2.24) is 14.8 Å². The fourth-order valence-electron chi connectivity index (χ4n) is 3.97. The number of piperidine rings is 1. The minimum Gasteiger partial charge on any atom is -0.358 e. The van der Waals surface area contributed by atoms with Gasteiger partial charge in [0.25, 0.3) is 0 Å². The van der Waals surface area contributed by atoms with Crippen molar-refractivity contribution < 1.29 is 9.72 Å². The highest BCUT2D eigenvalue weighted by Crippen LogP contribution is 2.29. The molecule has 0 saturated carbocycles. The minimum absolute atomic E-state index is 0.125. The first-order valence-electron chi connectivity index (χ1n) is 10.6. The number of hydrogen-bond acceptors (Lipinski definition) is 6. The van der Waals surface area contributed by atoms with E-state index in [1.165, 1.54) is 17.5 Å². The third-order valence-corrected chi connectivity index (χ3v) is 6.90. The Morgan fingerprint density at radius 1 is 1.28 bits per heavy atom. The number of aromatic nitrogens is 3. The van der Waals surface area contributed by atoms with E-state index in [4.69, 9.17) is 4.98 Å². The number of benzene rings is 1. The molecule has 0 aliphatic carbocycles. The van der Waals surface area contributed by atoms with Gasteiger partial charge in [-0.2, -0.15) is 4.68 Å². The zero-order valence-corrected chi connectivity index (χ0v) is 19.8. The molecule has 1 amide bonds. The second-order valence-corrected chi connectivity index (χ2v) is 9.18. The molecule has 0 spiro atoms. The van der Waals surface area contributed by atoms with Gasteiger partial charge >= 0.3 is 5.82 Å². The normalized spacial score (nSPS) is 14.7. The maximum atomic E-state index is 12.6. The van der Waals surface area contributed by atoms with E-state index >= 15 is 0 Å². The van der Waals surface area contributed by atoms with Gasteiger partial charge < -0.3 is 20.3 Å². The van der Waals surface area contributed by atoms with Crippen LogP contribution in [-0.4, -0.2) is 38.7 Å². The monoisotopic (exact) mass is 500 g/mol. The topological polar surface area (TPSA) is 106 Å². The number of carbonyl (C=O) groups excluding carboxylic acids is 1. The molecule has 0 bridgehead atoms. The van der Waals surface area contributed by atoms with Crippen LogP contribution in [0.5, 0.6) is 0 Å². The lowest BCUT2D eigenvalue weighted by Crippen LogP contribution is -2.33. The minimum atomic E-state index is -0.580. The standard InChI is InChI=1S/C22H25BrN6O3/c1-13-6-8-27(9-7-13)19-10-14(2)17-11-16(4-5-18(17)25-19)24-20(30)12-28-15(3)21(23)22(26-28)29(31)32/h4-5,10-11,13H,6-9,12H2,1-3H3,(H,24,30). The lowest BCUT2D eigenvalue weighted by Gasteiger charge is -2.31. The lowest BCUT2D eigenvalue weighted by molar-refractivity contribution is -0.390. The molecular formula is C22H25BrN6O3. The van der Waals surface area contributed by atoms with Crippen LogP contribution in [0.15, 0.2) is 28.7 Å². The number of amides is 1. The second-order valence-electron chi connectivity index (χ2n) is 8.38. The molecule has 3 aromatic rings. The Morgan fingerprint density at radius 2 is 2.00 bits per heavy atom. The summed E-state index contributed by atoms with van der Waals surface area (Å²) >= 11 is 3.16. The van der Waals surface area contributed by atoms with Crippen molar-refractivity contribution in [3.05, 3.63) is 50.1 Å². The number of hydrogen-bond donors (Lipinski definition) is 1. The van der Waals surface area contributed by atoms with Crippen molar-refractivity contribution in [2.75, 3.05) is 23.3 Å². The average molecular weight is 501 g/mol. The summed E-state index contributed by atoms with van der Waals surface area (Å²) in [5.41, 5.74) is 3.15. The number of fused-ring (bicyclic) bond motifs is 1. The molecule has 4 rings (SSSR count). The summed E-state index contributed by atoms with van der Waals surface area (Å²) in [6, 6.07) is 7.75. The quantitative estimate of drug-likeness (QED) is 0.405. The number of pyridine rings is 1. The maximum absolute atomic E-state index is 12.6. The Morgan fingerprint density at radius 3 is 2.66 bits per heavy atom. The predicted octanol–water partition coefficient (Wildman–Crippen LogP) is 4.59. The third kappa shape index (κ3) is 4.45. The zero-order chi connectivity index (χ0) is 23.0. The summed E-state index contributed by atoms with van der Waals surface area (Å²) in [6.07, 6.45) is 2.36. The fraction of sp³-hybridized carbons (Fsp3) is 0.409. The van der Waals surface area contributed by atoms with Crippen molar-refractivity contribution in [2.24, 2.45) is 5.92 Å². The number of anilines is 2. The molecule has 0 atom stereocenters. The number of nitro groups is 1. The Bertz CT molecular complexity index is 1200. The molecule has 9 nitrogen and oxygen atoms in total. The molecule has 0 radical (unpaired) electrons. The molecule has 168 valence electrons. The van der Waals surface area contributed by atoms with Gasteiger partial charge in [0.05, 0.1) is 16.3 Å². The fourth-order valence-corrected chi connectivity index (χ4v) is 4.40. The van der Waals surface area contributed by atoms with Gasteiger partial charge in [-0.05, 0) is 83.3 Å². The van der Waals surface area contributed by atoms with E-state index < -0.39 is 4.92 Å². The van der Waals surface area contributed by atoms with E-state index in [2.05, 4.69) is 51.2 Å². The van der Waals surface area contributed by atoms with Gasteiger partial charge in [0.2, 0.25) is 5.91 Å². The van der Waals surface area contributed by atoms with Gasteiger partial charge in [-0.3, -0.25) is 4.79 Å². The van der Waals surface area contributed by atoms with Gasteiger partial charge in [-0.15, -0.1) is 0 Å². The average Bonchev–Trinajstić information content (AvgIpc) is 3.03. The number of carbonyl (C=O) groups is 1. The first-order chi connectivity index (χ1) is 15.2. The summed E-state index contributed by atoms with van der Waals surface area (Å²) in [6.45, 7) is 7.93. The highest BCUT2D eigenvalue weighted by atomic mass is 79.9. The van der Waals surface area contributed by atoms with Gasteiger partial charge in [-0.25, -0.2) is 4.98 Å². The highest BCUT2D eigenvalue weighted by Gasteiger charge is 2.24. The SMILES string of the molecule is Cc1cc(N2CCC(C)CC2)nc2ccc(NC(=O)Cn3nc([N+](=O)[O-])c(Br)c3C)cc12. The van der Waals surface area contributed by atoms with Crippen LogP contribution in [0.2, 0.25) is 0 Å². The molecule has 1 aliphatic rings. The molecule has 1 aromatic carbocycles. The molecule has 1 N–H and O–H groups in total. The number of rotatable bonds is 5. The Balaban J connectivity index is 1.51. The van der Waals surface area contributed by atoms with Crippen LogP contribution in [0, 0.1) is 29.9 Å². The summed E-state index contributed by atoms with van der Waals surface area (Å²) < 4.78 is 1.60. The van der Waals surface area contributed by atoms with Crippen LogP contribution in [0.25, 0.3) is 10.9 Å². The second kappa shape index (κ2) is 8.85. The zero-order valence-electron chi connectivity index (χ0n) is 18.3. The van der Waals surface area contributed by atoms with E-state index in [-0.39, 0.29) is 22.7 Å². The number of aryl methyl sites for hydroxylation is 1. The number of nitrogens with zero attached hydrogens (tertiary/aromatic N) is 5. The smallest absolute Gasteiger partial charge is 0.358 e. The van der Waals surface area contributed by atoms with Crippen LogP contribution in [0.3, 0.4) is 0 Å². The van der Waals surface area contributed by atoms with Crippen LogP contribution in [-0.2, 0) is 11.3 Å². The molecule has 1 saturated heterocycles. The van der Waals surface area contributed by atoms with Crippen LogP contribution in [0.4, 0.5) is 17.3 Å². The summed E-state index contributed by atoms with van der Waals surface area (Å²) in [5.74, 6) is 1.14. The van der Waals surface area contributed by atoms with Crippen molar-refractivity contribution in [2.45, 2.75) is 40.2 Å². The van der Waals surface area contributed by atoms with Gasteiger partial charge in [0.1, 0.15) is 16.8 Å². The van der Waals surface area contributed by atoms with Crippen molar-refractivity contribution >= 4 is 50.1 Å². The predicted molar refractivity (Wildman–Crippen MR) is 127 cm³/mol. The Kier molecular flexibility index (Phi) is 6.14. The highest BCUT2D eigenvalue weighted by molar-refractivity contribution is 9.10. The van der Waals surface area contributed by atoms with Crippen molar-refractivity contribution in [1.29, 1.82) is 0 Å². The van der Waals surface area contributed by atoms with E-state index in [1.807, 2.05) is 18.2 Å². The van der Waals surface area contributed by atoms with E-state index in [0.29, 0.717) is 11.4 Å². The largest absolute Gasteiger partial charge is 0.404 e.